The van der Waals surface area contributed by atoms with Crippen LogP contribution in [0, 0.1) is 0 Å². The van der Waals surface area contributed by atoms with Gasteiger partial charge in [-0.05, 0) is 5.75 Å². The molecule has 4 aromatic rings. The predicted octanol–water partition coefficient (Wildman–Crippen LogP) is 1.45. The van der Waals surface area contributed by atoms with Gasteiger partial charge < -0.3 is 0 Å². The molecule has 0 bridgehead atoms. The van der Waals surface area contributed by atoms with Gasteiger partial charge in [0.25, 0.3) is 5.56 Å². The van der Waals surface area contributed by atoms with E-state index in [9.17, 15) is 9.59 Å². The smallest absolute Gasteiger partial charge is 0.280 e. The fraction of sp³-hybridized carbons (Fsp3) is 0.235. The Balaban J connectivity index is 2.27. The summed E-state index contributed by atoms with van der Waals surface area (Å²) in [7, 11) is 3.05. The fourth-order valence-corrected chi connectivity index (χ4v) is 3.60. The summed E-state index contributed by atoms with van der Waals surface area (Å²) in [5, 5.41) is 9.43. The third-order valence-corrected chi connectivity index (χ3v) is 5.03. The maximum atomic E-state index is 12.8. The topological polar surface area (TPSA) is 87.1 Å². The third kappa shape index (κ3) is 2.27. The zero-order valence-electron chi connectivity index (χ0n) is 14.5. The van der Waals surface area contributed by atoms with Crippen LogP contribution in [0.1, 0.15) is 6.92 Å². The van der Waals surface area contributed by atoms with Gasteiger partial charge >= 0.3 is 5.69 Å². The van der Waals surface area contributed by atoms with Crippen LogP contribution in [0.15, 0.2) is 45.1 Å². The quantitative estimate of drug-likeness (QED) is 0.509. The second kappa shape index (κ2) is 6.10. The molecule has 132 valence electrons. The molecule has 0 aliphatic carbocycles. The summed E-state index contributed by atoms with van der Waals surface area (Å²) >= 11 is 1.52. The highest BCUT2D eigenvalue weighted by molar-refractivity contribution is 7.99. The van der Waals surface area contributed by atoms with Crippen molar-refractivity contribution in [2.24, 2.45) is 14.1 Å². The molecular formula is C17H16N6O2S. The zero-order chi connectivity index (χ0) is 18.4. The molecular weight excluding hydrogens is 352 g/mol. The number of benzene rings is 1. The van der Waals surface area contributed by atoms with E-state index >= 15 is 0 Å². The van der Waals surface area contributed by atoms with Crippen LogP contribution in [0.2, 0.25) is 0 Å². The number of rotatable bonds is 3. The van der Waals surface area contributed by atoms with Crippen molar-refractivity contribution in [3.63, 3.8) is 0 Å². The largest absolute Gasteiger partial charge is 0.332 e. The van der Waals surface area contributed by atoms with Crippen molar-refractivity contribution in [2.75, 3.05) is 5.75 Å². The van der Waals surface area contributed by atoms with Crippen molar-refractivity contribution in [3.05, 3.63) is 51.2 Å². The average Bonchev–Trinajstić information content (AvgIpc) is 3.08. The maximum absolute atomic E-state index is 12.8. The Labute approximate surface area is 152 Å². The second-order valence-electron chi connectivity index (χ2n) is 5.78. The number of nitrogens with zero attached hydrogens (tertiary/aromatic N) is 6. The minimum atomic E-state index is -0.430. The standard InChI is InChI=1S/C17H16N6O2S/c1-4-26-16-20-19-14-11-13(21(2)17(25)22(3)15(11)24)18-12(23(14)16)10-8-6-5-7-9-10/h5-9H,4H2,1-3H3. The van der Waals surface area contributed by atoms with Gasteiger partial charge in [0.1, 0.15) is 11.2 Å². The summed E-state index contributed by atoms with van der Waals surface area (Å²) in [6.45, 7) is 2.02. The first-order valence-corrected chi connectivity index (χ1v) is 9.06. The van der Waals surface area contributed by atoms with Crippen molar-refractivity contribution in [2.45, 2.75) is 12.1 Å². The molecule has 8 nitrogen and oxygen atoms in total. The minimum absolute atomic E-state index is 0.282. The number of thioether (sulfide) groups is 1. The van der Waals surface area contributed by atoms with E-state index in [4.69, 9.17) is 0 Å². The summed E-state index contributed by atoms with van der Waals surface area (Å²) in [6.07, 6.45) is 0. The lowest BCUT2D eigenvalue weighted by atomic mass is 10.2. The molecule has 0 atom stereocenters. The molecule has 26 heavy (non-hydrogen) atoms. The summed E-state index contributed by atoms with van der Waals surface area (Å²) in [5.41, 5.74) is 0.692. The van der Waals surface area contributed by atoms with Crippen molar-refractivity contribution in [1.29, 1.82) is 0 Å². The van der Waals surface area contributed by atoms with Crippen molar-refractivity contribution in [3.8, 4) is 11.4 Å². The molecule has 0 aliphatic rings. The lowest BCUT2D eigenvalue weighted by Crippen LogP contribution is -2.37. The van der Waals surface area contributed by atoms with Crippen LogP contribution in [-0.4, -0.2) is 34.5 Å². The molecule has 9 heteroatoms. The van der Waals surface area contributed by atoms with Gasteiger partial charge in [0.15, 0.2) is 16.5 Å². The van der Waals surface area contributed by atoms with Gasteiger partial charge in [-0.1, -0.05) is 49.0 Å². The van der Waals surface area contributed by atoms with Crippen LogP contribution < -0.4 is 11.2 Å². The number of hydrogen-bond donors (Lipinski definition) is 0. The molecule has 3 heterocycles. The van der Waals surface area contributed by atoms with Crippen molar-refractivity contribution >= 4 is 28.4 Å². The fourth-order valence-electron chi connectivity index (χ4n) is 2.94. The molecule has 0 saturated heterocycles. The monoisotopic (exact) mass is 368 g/mol. The molecule has 0 amide bonds. The van der Waals surface area contributed by atoms with E-state index in [1.807, 2.05) is 37.3 Å². The zero-order valence-corrected chi connectivity index (χ0v) is 15.3. The number of aryl methyl sites for hydroxylation is 1. The normalized spacial score (nSPS) is 11.5. The Morgan fingerprint density at radius 2 is 1.73 bits per heavy atom. The van der Waals surface area contributed by atoms with Crippen molar-refractivity contribution in [1.82, 2.24) is 28.7 Å². The summed E-state index contributed by atoms with van der Waals surface area (Å²) in [4.78, 5) is 29.8. The molecule has 4 rings (SSSR count). The first-order chi connectivity index (χ1) is 12.5. The van der Waals surface area contributed by atoms with E-state index in [0.29, 0.717) is 22.3 Å². The van der Waals surface area contributed by atoms with Crippen LogP contribution >= 0.6 is 11.8 Å². The Kier molecular flexibility index (Phi) is 3.87. The first kappa shape index (κ1) is 16.5. The highest BCUT2D eigenvalue weighted by Gasteiger charge is 2.21. The maximum Gasteiger partial charge on any atom is 0.332 e. The molecule has 0 spiro atoms. The Morgan fingerprint density at radius 1 is 1.00 bits per heavy atom. The Hall–Kier alpha value is -2.94. The lowest BCUT2D eigenvalue weighted by molar-refractivity contribution is 0.706. The van der Waals surface area contributed by atoms with Crippen LogP contribution in [-0.2, 0) is 14.1 Å². The van der Waals surface area contributed by atoms with Crippen LogP contribution in [0.5, 0.6) is 0 Å². The van der Waals surface area contributed by atoms with Gasteiger partial charge in [0, 0.05) is 19.7 Å². The average molecular weight is 368 g/mol. The van der Waals surface area contributed by atoms with Gasteiger partial charge in [-0.3, -0.25) is 18.3 Å². The van der Waals surface area contributed by atoms with Gasteiger partial charge in [0.2, 0.25) is 0 Å². The van der Waals surface area contributed by atoms with E-state index < -0.39 is 11.2 Å². The van der Waals surface area contributed by atoms with E-state index in [2.05, 4.69) is 15.2 Å². The molecule has 1 aromatic carbocycles. The van der Waals surface area contributed by atoms with Crippen LogP contribution in [0.3, 0.4) is 0 Å². The molecule has 0 unspecified atom stereocenters. The Bertz CT molecular complexity index is 1260. The van der Waals surface area contributed by atoms with E-state index in [0.717, 1.165) is 15.9 Å². The lowest BCUT2D eigenvalue weighted by Gasteiger charge is -2.12. The van der Waals surface area contributed by atoms with Gasteiger partial charge in [0.05, 0.1) is 0 Å². The summed E-state index contributed by atoms with van der Waals surface area (Å²) in [5.74, 6) is 1.40. The molecule has 3 aromatic heterocycles. The van der Waals surface area contributed by atoms with Gasteiger partial charge in [-0.2, -0.15) is 0 Å². The van der Waals surface area contributed by atoms with E-state index in [1.165, 1.54) is 23.4 Å². The minimum Gasteiger partial charge on any atom is -0.280 e. The molecule has 0 saturated carbocycles. The van der Waals surface area contributed by atoms with Crippen LogP contribution in [0.25, 0.3) is 28.1 Å². The third-order valence-electron chi connectivity index (χ3n) is 4.22. The molecule has 0 aliphatic heterocycles. The highest BCUT2D eigenvalue weighted by Crippen LogP contribution is 2.27. The first-order valence-electron chi connectivity index (χ1n) is 8.07. The summed E-state index contributed by atoms with van der Waals surface area (Å²) in [6, 6.07) is 9.58. The summed E-state index contributed by atoms with van der Waals surface area (Å²) < 4.78 is 4.22. The number of hydrogen-bond acceptors (Lipinski definition) is 6. The van der Waals surface area contributed by atoms with Crippen LogP contribution in [0.4, 0.5) is 0 Å². The van der Waals surface area contributed by atoms with E-state index in [1.54, 1.807) is 11.4 Å². The highest BCUT2D eigenvalue weighted by atomic mass is 32.2. The predicted molar refractivity (Wildman–Crippen MR) is 101 cm³/mol. The van der Waals surface area contributed by atoms with Gasteiger partial charge in [-0.25, -0.2) is 9.78 Å². The Morgan fingerprint density at radius 3 is 2.42 bits per heavy atom. The number of aromatic nitrogens is 6. The SMILES string of the molecule is CCSc1nnc2c3c(=O)n(C)c(=O)n(C)c3nc(-c3ccccc3)n12. The molecule has 0 radical (unpaired) electrons. The molecule has 0 fully saturated rings. The second-order valence-corrected chi connectivity index (χ2v) is 7.01. The van der Waals surface area contributed by atoms with E-state index in [-0.39, 0.29) is 5.39 Å². The molecule has 0 N–H and O–H groups in total. The number of fused-ring (bicyclic) bond motifs is 3. The van der Waals surface area contributed by atoms with Gasteiger partial charge in [-0.15, -0.1) is 10.2 Å². The van der Waals surface area contributed by atoms with Crippen molar-refractivity contribution < 1.29 is 0 Å².